The zero-order chi connectivity index (χ0) is 22.9. The van der Waals surface area contributed by atoms with Gasteiger partial charge in [-0.2, -0.15) is 5.10 Å². The van der Waals surface area contributed by atoms with Crippen molar-refractivity contribution in [3.63, 3.8) is 0 Å². The first kappa shape index (κ1) is 20.8. The Hall–Kier alpha value is -4.04. The maximum absolute atomic E-state index is 13.1. The SMILES string of the molecule is Cc1cccn2cc(-c3ccccc3NC(=O)C(C)n3nc(-c4cccs4)ccc3=O)nc12. The van der Waals surface area contributed by atoms with Gasteiger partial charge in [-0.05, 0) is 49.1 Å². The van der Waals surface area contributed by atoms with Crippen LogP contribution in [-0.2, 0) is 4.79 Å². The molecule has 1 N–H and O–H groups in total. The molecule has 5 aromatic rings. The minimum absolute atomic E-state index is 0.331. The zero-order valence-corrected chi connectivity index (χ0v) is 18.9. The van der Waals surface area contributed by atoms with Crippen LogP contribution in [0.5, 0.6) is 0 Å². The van der Waals surface area contributed by atoms with Crippen molar-refractivity contribution in [2.24, 2.45) is 0 Å². The number of nitrogens with one attached hydrogen (secondary N) is 1. The molecule has 1 amide bonds. The van der Waals surface area contributed by atoms with Crippen LogP contribution >= 0.6 is 11.3 Å². The van der Waals surface area contributed by atoms with Crippen LogP contribution in [0, 0.1) is 6.92 Å². The van der Waals surface area contributed by atoms with Gasteiger partial charge in [0.1, 0.15) is 17.4 Å². The number of anilines is 1. The molecular formula is C25H21N5O2S. The number of benzene rings is 1. The summed E-state index contributed by atoms with van der Waals surface area (Å²) in [5.74, 6) is -0.333. The molecular weight excluding hydrogens is 434 g/mol. The largest absolute Gasteiger partial charge is 0.324 e. The van der Waals surface area contributed by atoms with E-state index in [9.17, 15) is 9.59 Å². The number of rotatable bonds is 5. The van der Waals surface area contributed by atoms with E-state index in [0.29, 0.717) is 11.4 Å². The summed E-state index contributed by atoms with van der Waals surface area (Å²) in [7, 11) is 0. The Morgan fingerprint density at radius 1 is 1.03 bits per heavy atom. The summed E-state index contributed by atoms with van der Waals surface area (Å²) in [5.41, 5.74) is 4.43. The Balaban J connectivity index is 1.46. The molecule has 7 nitrogen and oxygen atoms in total. The molecule has 8 heteroatoms. The van der Waals surface area contributed by atoms with Gasteiger partial charge in [0.2, 0.25) is 5.91 Å². The maximum Gasteiger partial charge on any atom is 0.267 e. The van der Waals surface area contributed by atoms with Gasteiger partial charge in [0.05, 0.1) is 16.3 Å². The Labute approximate surface area is 194 Å². The average Bonchev–Trinajstić information content (AvgIpc) is 3.50. The summed E-state index contributed by atoms with van der Waals surface area (Å²) in [5, 5.41) is 9.34. The topological polar surface area (TPSA) is 81.3 Å². The monoisotopic (exact) mass is 455 g/mol. The molecule has 5 rings (SSSR count). The smallest absolute Gasteiger partial charge is 0.267 e. The second-order valence-electron chi connectivity index (χ2n) is 7.74. The number of thiophene rings is 1. The van der Waals surface area contributed by atoms with Crippen molar-refractivity contribution in [3.05, 3.63) is 94.4 Å². The molecule has 33 heavy (non-hydrogen) atoms. The van der Waals surface area contributed by atoms with Gasteiger partial charge < -0.3 is 9.72 Å². The molecule has 4 aromatic heterocycles. The number of amides is 1. The Morgan fingerprint density at radius 2 is 1.88 bits per heavy atom. The van der Waals surface area contributed by atoms with E-state index in [1.165, 1.54) is 22.1 Å². The minimum Gasteiger partial charge on any atom is -0.324 e. The number of imidazole rings is 1. The van der Waals surface area contributed by atoms with Gasteiger partial charge >= 0.3 is 0 Å². The van der Waals surface area contributed by atoms with Gasteiger partial charge in [0.15, 0.2) is 0 Å². The summed E-state index contributed by atoms with van der Waals surface area (Å²) >= 11 is 1.53. The van der Waals surface area contributed by atoms with Gasteiger partial charge in [0.25, 0.3) is 5.56 Å². The molecule has 0 radical (unpaired) electrons. The van der Waals surface area contributed by atoms with Crippen LogP contribution in [0.25, 0.3) is 27.5 Å². The van der Waals surface area contributed by atoms with Gasteiger partial charge in [-0.3, -0.25) is 9.59 Å². The van der Waals surface area contributed by atoms with Gasteiger partial charge in [-0.25, -0.2) is 9.67 Å². The molecule has 1 aromatic carbocycles. The predicted octanol–water partition coefficient (Wildman–Crippen LogP) is 4.79. The molecule has 0 fully saturated rings. The third-order valence-electron chi connectivity index (χ3n) is 5.48. The van der Waals surface area contributed by atoms with Crippen LogP contribution < -0.4 is 10.9 Å². The number of nitrogens with zero attached hydrogens (tertiary/aromatic N) is 4. The van der Waals surface area contributed by atoms with Crippen molar-refractivity contribution < 1.29 is 4.79 Å². The standard InChI is InChI=1S/C25H21N5O2S/c1-16-7-5-13-29-15-21(26-24(16)29)18-8-3-4-9-19(18)27-25(32)17(2)30-23(31)12-11-20(28-30)22-10-6-14-33-22/h3-15,17H,1-2H3,(H,27,32). The van der Waals surface area contributed by atoms with E-state index >= 15 is 0 Å². The third kappa shape index (κ3) is 3.96. The highest BCUT2D eigenvalue weighted by atomic mass is 32.1. The summed E-state index contributed by atoms with van der Waals surface area (Å²) in [4.78, 5) is 31.3. The fourth-order valence-electron chi connectivity index (χ4n) is 3.71. The van der Waals surface area contributed by atoms with Crippen molar-refractivity contribution in [1.29, 1.82) is 0 Å². The first-order chi connectivity index (χ1) is 16.0. The summed E-state index contributed by atoms with van der Waals surface area (Å²) < 4.78 is 3.19. The number of hydrogen-bond donors (Lipinski definition) is 1. The number of aromatic nitrogens is 4. The number of para-hydroxylation sites is 1. The van der Waals surface area contributed by atoms with E-state index in [1.807, 2.05) is 77.6 Å². The van der Waals surface area contributed by atoms with Gasteiger partial charge in [0, 0.05) is 24.0 Å². The summed E-state index contributed by atoms with van der Waals surface area (Å²) in [6.45, 7) is 3.68. The van der Waals surface area contributed by atoms with E-state index in [1.54, 1.807) is 13.0 Å². The second kappa shape index (κ2) is 8.48. The van der Waals surface area contributed by atoms with Crippen LogP contribution in [0.4, 0.5) is 5.69 Å². The number of fused-ring (bicyclic) bond motifs is 1. The van der Waals surface area contributed by atoms with Crippen molar-refractivity contribution >= 4 is 28.6 Å². The lowest BCUT2D eigenvalue weighted by Crippen LogP contribution is -2.33. The Kier molecular flexibility index (Phi) is 5.35. The molecule has 0 aliphatic heterocycles. The molecule has 1 unspecified atom stereocenters. The average molecular weight is 456 g/mol. The van der Waals surface area contributed by atoms with E-state index < -0.39 is 6.04 Å². The molecule has 0 aliphatic carbocycles. The fourth-order valence-corrected chi connectivity index (χ4v) is 4.40. The number of carbonyl (C=O) groups excluding carboxylic acids is 1. The Bertz CT molecular complexity index is 1520. The summed E-state index contributed by atoms with van der Waals surface area (Å²) in [6, 6.07) is 17.7. The lowest BCUT2D eigenvalue weighted by molar-refractivity contribution is -0.119. The van der Waals surface area contributed by atoms with Crippen LogP contribution in [0.1, 0.15) is 18.5 Å². The first-order valence-corrected chi connectivity index (χ1v) is 11.4. The lowest BCUT2D eigenvalue weighted by atomic mass is 10.1. The van der Waals surface area contributed by atoms with Crippen molar-refractivity contribution in [2.75, 3.05) is 5.32 Å². The molecule has 0 bridgehead atoms. The molecule has 0 spiro atoms. The minimum atomic E-state index is -0.797. The first-order valence-electron chi connectivity index (χ1n) is 10.5. The number of hydrogen-bond acceptors (Lipinski definition) is 5. The lowest BCUT2D eigenvalue weighted by Gasteiger charge is -2.16. The van der Waals surface area contributed by atoms with E-state index in [4.69, 9.17) is 4.98 Å². The highest BCUT2D eigenvalue weighted by Crippen LogP contribution is 2.29. The zero-order valence-electron chi connectivity index (χ0n) is 18.1. The maximum atomic E-state index is 13.1. The second-order valence-corrected chi connectivity index (χ2v) is 8.69. The van der Waals surface area contributed by atoms with Gasteiger partial charge in [-0.1, -0.05) is 30.3 Å². The number of pyridine rings is 1. The third-order valence-corrected chi connectivity index (χ3v) is 6.38. The van der Waals surface area contributed by atoms with Gasteiger partial charge in [-0.15, -0.1) is 11.3 Å². The van der Waals surface area contributed by atoms with Crippen molar-refractivity contribution in [2.45, 2.75) is 19.9 Å². The molecule has 164 valence electrons. The fraction of sp³-hybridized carbons (Fsp3) is 0.120. The van der Waals surface area contributed by atoms with Crippen LogP contribution in [0.2, 0.25) is 0 Å². The highest BCUT2D eigenvalue weighted by Gasteiger charge is 2.20. The Morgan fingerprint density at radius 3 is 2.67 bits per heavy atom. The van der Waals surface area contributed by atoms with E-state index in [0.717, 1.165) is 27.3 Å². The predicted molar refractivity (Wildman–Crippen MR) is 131 cm³/mol. The molecule has 0 aliphatic rings. The molecule has 1 atom stereocenters. The summed E-state index contributed by atoms with van der Waals surface area (Å²) in [6.07, 6.45) is 3.88. The van der Waals surface area contributed by atoms with E-state index in [2.05, 4.69) is 10.4 Å². The van der Waals surface area contributed by atoms with Crippen LogP contribution in [0.15, 0.2) is 83.2 Å². The quantitative estimate of drug-likeness (QED) is 0.413. The molecule has 0 saturated heterocycles. The number of aryl methyl sites for hydroxylation is 1. The van der Waals surface area contributed by atoms with Crippen LogP contribution in [-0.4, -0.2) is 25.1 Å². The number of carbonyl (C=O) groups is 1. The molecule has 0 saturated carbocycles. The van der Waals surface area contributed by atoms with Crippen molar-refractivity contribution in [3.8, 4) is 21.8 Å². The van der Waals surface area contributed by atoms with Crippen molar-refractivity contribution in [1.82, 2.24) is 19.2 Å². The molecule has 4 heterocycles. The highest BCUT2D eigenvalue weighted by molar-refractivity contribution is 7.13. The van der Waals surface area contributed by atoms with Crippen LogP contribution in [0.3, 0.4) is 0 Å². The van der Waals surface area contributed by atoms with E-state index in [-0.39, 0.29) is 11.5 Å². The normalized spacial score (nSPS) is 12.1.